The summed E-state index contributed by atoms with van der Waals surface area (Å²) in [6.07, 6.45) is 0. The molecule has 90 valence electrons. The van der Waals surface area contributed by atoms with Gasteiger partial charge in [0.2, 0.25) is 0 Å². The lowest BCUT2D eigenvalue weighted by Crippen LogP contribution is -1.85. The zero-order chi connectivity index (χ0) is 12.5. The predicted octanol–water partition coefficient (Wildman–Crippen LogP) is 3.65. The summed E-state index contributed by atoms with van der Waals surface area (Å²) in [5.74, 6) is 0.954. The highest BCUT2D eigenvalue weighted by Crippen LogP contribution is 2.24. The van der Waals surface area contributed by atoms with Crippen LogP contribution < -0.4 is 0 Å². The number of aromatic nitrogens is 3. The van der Waals surface area contributed by atoms with Crippen molar-refractivity contribution in [2.75, 3.05) is 0 Å². The van der Waals surface area contributed by atoms with Crippen LogP contribution >= 0.6 is 11.3 Å². The molecule has 3 rings (SSSR count). The van der Waals surface area contributed by atoms with E-state index in [0.717, 1.165) is 10.4 Å². The predicted molar refractivity (Wildman–Crippen MR) is 69.8 cm³/mol. The maximum absolute atomic E-state index is 13.3. The Bertz CT molecular complexity index is 653. The van der Waals surface area contributed by atoms with E-state index in [1.807, 2.05) is 30.5 Å². The Morgan fingerprint density at radius 2 is 2.17 bits per heavy atom. The summed E-state index contributed by atoms with van der Waals surface area (Å²) >= 11 is 1.58. The summed E-state index contributed by atoms with van der Waals surface area (Å²) in [6, 6.07) is 8.70. The highest BCUT2D eigenvalue weighted by Gasteiger charge is 2.09. The van der Waals surface area contributed by atoms with Gasteiger partial charge in [-0.15, -0.1) is 11.3 Å². The molecule has 0 fully saturated rings. The number of nitrogens with zero attached hydrogens (tertiary/aromatic N) is 2. The minimum atomic E-state index is -0.271. The van der Waals surface area contributed by atoms with Crippen LogP contribution in [-0.2, 0) is 0 Å². The smallest absolute Gasteiger partial charge is 0.181 e. The molecule has 0 aliphatic carbocycles. The van der Waals surface area contributed by atoms with Gasteiger partial charge in [-0.05, 0) is 42.1 Å². The molecule has 0 spiro atoms. The lowest BCUT2D eigenvalue weighted by molar-refractivity contribution is 0.627. The van der Waals surface area contributed by atoms with Crippen molar-refractivity contribution >= 4 is 11.3 Å². The summed E-state index contributed by atoms with van der Waals surface area (Å²) in [5.41, 5.74) is 1.54. The first-order chi connectivity index (χ1) is 8.72. The van der Waals surface area contributed by atoms with E-state index in [4.69, 9.17) is 0 Å². The third-order valence-corrected chi connectivity index (χ3v) is 3.42. The van der Waals surface area contributed by atoms with Crippen LogP contribution in [0, 0.1) is 12.7 Å². The standard InChI is InChI=1S/C13H10FN3S/c1-8-5-9(7-10(14)6-8)12-15-13(17-16-12)11-3-2-4-18-11/h2-7H,1H3,(H,15,16,17). The molecule has 0 saturated heterocycles. The molecule has 1 aromatic carbocycles. The van der Waals surface area contributed by atoms with E-state index in [1.54, 1.807) is 11.3 Å². The Labute approximate surface area is 107 Å². The van der Waals surface area contributed by atoms with Gasteiger partial charge in [0.15, 0.2) is 11.6 Å². The van der Waals surface area contributed by atoms with Crippen LogP contribution in [0.4, 0.5) is 4.39 Å². The molecule has 5 heteroatoms. The summed E-state index contributed by atoms with van der Waals surface area (Å²) in [4.78, 5) is 5.40. The number of hydrogen-bond donors (Lipinski definition) is 1. The maximum atomic E-state index is 13.3. The molecule has 2 heterocycles. The van der Waals surface area contributed by atoms with E-state index < -0.39 is 0 Å². The molecule has 0 saturated carbocycles. The molecule has 0 aliphatic rings. The molecular formula is C13H10FN3S. The van der Waals surface area contributed by atoms with Crippen molar-refractivity contribution in [1.29, 1.82) is 0 Å². The fourth-order valence-corrected chi connectivity index (χ4v) is 2.44. The van der Waals surface area contributed by atoms with Crippen LogP contribution in [0.5, 0.6) is 0 Å². The topological polar surface area (TPSA) is 41.6 Å². The summed E-state index contributed by atoms with van der Waals surface area (Å²) in [6.45, 7) is 1.85. The van der Waals surface area contributed by atoms with E-state index >= 15 is 0 Å². The van der Waals surface area contributed by atoms with E-state index in [9.17, 15) is 4.39 Å². The van der Waals surface area contributed by atoms with E-state index in [2.05, 4.69) is 15.2 Å². The first-order valence-corrected chi connectivity index (χ1v) is 6.34. The van der Waals surface area contributed by atoms with Gasteiger partial charge in [-0.1, -0.05) is 6.07 Å². The molecule has 0 unspecified atom stereocenters. The van der Waals surface area contributed by atoms with Gasteiger partial charge in [-0.3, -0.25) is 5.10 Å². The molecule has 0 radical (unpaired) electrons. The minimum Gasteiger partial charge on any atom is -0.258 e. The zero-order valence-corrected chi connectivity index (χ0v) is 10.5. The van der Waals surface area contributed by atoms with Gasteiger partial charge in [0.05, 0.1) is 4.88 Å². The molecular weight excluding hydrogens is 249 g/mol. The van der Waals surface area contributed by atoms with Crippen molar-refractivity contribution in [3.63, 3.8) is 0 Å². The van der Waals surface area contributed by atoms with Crippen LogP contribution in [0.25, 0.3) is 22.1 Å². The Morgan fingerprint density at radius 3 is 2.89 bits per heavy atom. The van der Waals surface area contributed by atoms with Crippen LogP contribution in [0.2, 0.25) is 0 Å². The van der Waals surface area contributed by atoms with Gasteiger partial charge in [-0.25, -0.2) is 9.37 Å². The highest BCUT2D eigenvalue weighted by atomic mass is 32.1. The van der Waals surface area contributed by atoms with Crippen LogP contribution in [0.15, 0.2) is 35.7 Å². The van der Waals surface area contributed by atoms with Crippen molar-refractivity contribution in [1.82, 2.24) is 15.2 Å². The van der Waals surface area contributed by atoms with Crippen LogP contribution in [0.3, 0.4) is 0 Å². The van der Waals surface area contributed by atoms with E-state index in [0.29, 0.717) is 17.2 Å². The normalized spacial score (nSPS) is 10.8. The zero-order valence-electron chi connectivity index (χ0n) is 9.64. The molecule has 1 N–H and O–H groups in total. The molecule has 2 aromatic heterocycles. The van der Waals surface area contributed by atoms with Gasteiger partial charge in [-0.2, -0.15) is 5.10 Å². The molecule has 0 atom stereocenters. The fraction of sp³-hybridized carbons (Fsp3) is 0.0769. The number of nitrogens with one attached hydrogen (secondary N) is 1. The first-order valence-electron chi connectivity index (χ1n) is 5.46. The Kier molecular flexibility index (Phi) is 2.68. The van der Waals surface area contributed by atoms with E-state index in [1.165, 1.54) is 12.1 Å². The number of thiophene rings is 1. The van der Waals surface area contributed by atoms with Crippen molar-refractivity contribution in [2.24, 2.45) is 0 Å². The highest BCUT2D eigenvalue weighted by molar-refractivity contribution is 7.13. The van der Waals surface area contributed by atoms with E-state index in [-0.39, 0.29) is 5.82 Å². The van der Waals surface area contributed by atoms with Gasteiger partial charge in [0.25, 0.3) is 0 Å². The number of H-pyrrole nitrogens is 1. The average molecular weight is 259 g/mol. The van der Waals surface area contributed by atoms with Crippen molar-refractivity contribution in [2.45, 2.75) is 6.92 Å². The SMILES string of the molecule is Cc1cc(F)cc(-c2n[nH]c(-c3cccs3)n2)c1. The largest absolute Gasteiger partial charge is 0.258 e. The fourth-order valence-electron chi connectivity index (χ4n) is 1.78. The summed E-state index contributed by atoms with van der Waals surface area (Å²) in [7, 11) is 0. The second-order valence-corrected chi connectivity index (χ2v) is 4.95. The number of halogens is 1. The second-order valence-electron chi connectivity index (χ2n) is 4.00. The number of aromatic amines is 1. The number of aryl methyl sites for hydroxylation is 1. The molecule has 0 amide bonds. The minimum absolute atomic E-state index is 0.271. The quantitative estimate of drug-likeness (QED) is 0.763. The molecule has 18 heavy (non-hydrogen) atoms. The Balaban J connectivity index is 2.03. The van der Waals surface area contributed by atoms with Crippen molar-refractivity contribution in [3.05, 3.63) is 47.1 Å². The van der Waals surface area contributed by atoms with Crippen molar-refractivity contribution < 1.29 is 4.39 Å². The number of rotatable bonds is 2. The first kappa shape index (κ1) is 11.1. The van der Waals surface area contributed by atoms with Crippen LogP contribution in [-0.4, -0.2) is 15.2 Å². The third-order valence-electron chi connectivity index (χ3n) is 2.54. The Hall–Kier alpha value is -2.01. The van der Waals surface area contributed by atoms with Gasteiger partial charge >= 0.3 is 0 Å². The summed E-state index contributed by atoms with van der Waals surface area (Å²) in [5, 5.41) is 8.98. The lowest BCUT2D eigenvalue weighted by Gasteiger charge is -1.98. The van der Waals surface area contributed by atoms with Crippen LogP contribution in [0.1, 0.15) is 5.56 Å². The molecule has 0 aliphatic heterocycles. The second kappa shape index (κ2) is 4.34. The monoisotopic (exact) mass is 259 g/mol. The van der Waals surface area contributed by atoms with Crippen molar-refractivity contribution in [3.8, 4) is 22.1 Å². The molecule has 3 nitrogen and oxygen atoms in total. The summed E-state index contributed by atoms with van der Waals surface area (Å²) < 4.78 is 13.3. The number of hydrogen-bond acceptors (Lipinski definition) is 3. The number of benzene rings is 1. The van der Waals surface area contributed by atoms with Gasteiger partial charge < -0.3 is 0 Å². The van der Waals surface area contributed by atoms with Gasteiger partial charge in [0, 0.05) is 5.56 Å². The Morgan fingerprint density at radius 1 is 1.28 bits per heavy atom. The lowest BCUT2D eigenvalue weighted by atomic mass is 10.1. The third kappa shape index (κ3) is 2.04. The molecule has 0 bridgehead atoms. The van der Waals surface area contributed by atoms with Gasteiger partial charge in [0.1, 0.15) is 5.82 Å². The average Bonchev–Trinajstić information content (AvgIpc) is 2.99. The maximum Gasteiger partial charge on any atom is 0.181 e. The molecule has 3 aromatic rings.